The minimum Gasteiger partial charge on any atom is -0.346 e. The zero-order valence-corrected chi connectivity index (χ0v) is 13.0. The molecular weight excluding hydrogens is 283 g/mol. The summed E-state index contributed by atoms with van der Waals surface area (Å²) in [6, 6.07) is 0. The van der Waals surface area contributed by atoms with Crippen molar-refractivity contribution in [2.45, 2.75) is 45.3 Å². The Morgan fingerprint density at radius 1 is 1.29 bits per heavy atom. The first-order valence-electron chi connectivity index (χ1n) is 7.36. The van der Waals surface area contributed by atoms with Crippen LogP contribution in [0.3, 0.4) is 0 Å². The quantitative estimate of drug-likeness (QED) is 0.813. The lowest BCUT2D eigenvalue weighted by atomic mass is 9.96. The zero-order valence-electron chi connectivity index (χ0n) is 13.0. The summed E-state index contributed by atoms with van der Waals surface area (Å²) in [6.45, 7) is 7.46. The van der Waals surface area contributed by atoms with Crippen LogP contribution in [-0.4, -0.2) is 55.2 Å². The number of halogens is 3. The molecule has 0 aliphatic carbocycles. The van der Waals surface area contributed by atoms with E-state index in [9.17, 15) is 18.0 Å². The van der Waals surface area contributed by atoms with E-state index in [1.54, 1.807) is 0 Å². The molecule has 1 atom stereocenters. The minimum absolute atomic E-state index is 0.0437. The van der Waals surface area contributed by atoms with Gasteiger partial charge in [-0.3, -0.25) is 9.69 Å². The Labute approximate surface area is 124 Å². The van der Waals surface area contributed by atoms with E-state index in [0.29, 0.717) is 5.92 Å². The fraction of sp³-hybridized carbons (Fsp3) is 0.929. The van der Waals surface area contributed by atoms with Crippen LogP contribution in [-0.2, 0) is 4.79 Å². The topological polar surface area (TPSA) is 44.4 Å². The highest BCUT2D eigenvalue weighted by atomic mass is 19.4. The Morgan fingerprint density at radius 2 is 1.95 bits per heavy atom. The van der Waals surface area contributed by atoms with E-state index in [0.717, 1.165) is 32.5 Å². The SMILES string of the molecule is CC(C)(C)NCC1CCCN(CC(=O)NCC(F)(F)F)C1. The summed E-state index contributed by atoms with van der Waals surface area (Å²) in [4.78, 5) is 13.4. The number of carbonyl (C=O) groups excluding carboxylic acids is 1. The third-order valence-electron chi connectivity index (χ3n) is 3.38. The van der Waals surface area contributed by atoms with Gasteiger partial charge in [0.1, 0.15) is 6.54 Å². The molecule has 1 saturated heterocycles. The molecule has 0 aromatic carbocycles. The Hall–Kier alpha value is -0.820. The lowest BCUT2D eigenvalue weighted by Gasteiger charge is -2.34. The molecule has 0 aromatic rings. The van der Waals surface area contributed by atoms with Crippen molar-refractivity contribution in [1.29, 1.82) is 0 Å². The molecule has 0 saturated carbocycles. The molecular formula is C14H26F3N3O. The van der Waals surface area contributed by atoms with Crippen molar-refractivity contribution in [1.82, 2.24) is 15.5 Å². The Kier molecular flexibility index (Phi) is 6.46. The van der Waals surface area contributed by atoms with Crippen molar-refractivity contribution in [3.63, 3.8) is 0 Å². The van der Waals surface area contributed by atoms with Crippen LogP contribution in [0, 0.1) is 5.92 Å². The van der Waals surface area contributed by atoms with Crippen molar-refractivity contribution in [3.05, 3.63) is 0 Å². The van der Waals surface area contributed by atoms with Gasteiger partial charge >= 0.3 is 6.18 Å². The highest BCUT2D eigenvalue weighted by molar-refractivity contribution is 5.78. The van der Waals surface area contributed by atoms with E-state index in [4.69, 9.17) is 0 Å². The second-order valence-electron chi connectivity index (χ2n) is 6.77. The maximum atomic E-state index is 12.0. The number of amides is 1. The van der Waals surface area contributed by atoms with Crippen LogP contribution < -0.4 is 10.6 Å². The molecule has 1 rings (SSSR count). The lowest BCUT2D eigenvalue weighted by Crippen LogP contribution is -2.47. The summed E-state index contributed by atoms with van der Waals surface area (Å²) in [5.74, 6) is -0.120. The molecule has 1 fully saturated rings. The monoisotopic (exact) mass is 309 g/mol. The molecule has 1 heterocycles. The van der Waals surface area contributed by atoms with Crippen LogP contribution in [0.5, 0.6) is 0 Å². The molecule has 124 valence electrons. The van der Waals surface area contributed by atoms with E-state index >= 15 is 0 Å². The molecule has 1 aliphatic heterocycles. The van der Waals surface area contributed by atoms with Gasteiger partial charge in [0, 0.05) is 12.1 Å². The normalized spacial score (nSPS) is 21.3. The number of nitrogens with one attached hydrogen (secondary N) is 2. The first kappa shape index (κ1) is 18.2. The van der Waals surface area contributed by atoms with E-state index in [-0.39, 0.29) is 12.1 Å². The highest BCUT2D eigenvalue weighted by Gasteiger charge is 2.28. The fourth-order valence-electron chi connectivity index (χ4n) is 2.37. The number of hydrogen-bond acceptors (Lipinski definition) is 3. The number of piperidine rings is 1. The van der Waals surface area contributed by atoms with Gasteiger partial charge in [0.05, 0.1) is 6.54 Å². The number of carbonyl (C=O) groups is 1. The fourth-order valence-corrected chi connectivity index (χ4v) is 2.37. The van der Waals surface area contributed by atoms with Crippen LogP contribution in [0.4, 0.5) is 13.2 Å². The van der Waals surface area contributed by atoms with Gasteiger partial charge in [-0.1, -0.05) is 0 Å². The minimum atomic E-state index is -4.35. The molecule has 7 heteroatoms. The zero-order chi connectivity index (χ0) is 16.1. The maximum Gasteiger partial charge on any atom is 0.405 e. The van der Waals surface area contributed by atoms with E-state index < -0.39 is 18.6 Å². The van der Waals surface area contributed by atoms with Crippen molar-refractivity contribution < 1.29 is 18.0 Å². The van der Waals surface area contributed by atoms with Gasteiger partial charge < -0.3 is 10.6 Å². The summed E-state index contributed by atoms with van der Waals surface area (Å²) < 4.78 is 36.1. The number of hydrogen-bond donors (Lipinski definition) is 2. The van der Waals surface area contributed by atoms with Gasteiger partial charge in [-0.15, -0.1) is 0 Å². The van der Waals surface area contributed by atoms with E-state index in [1.807, 2.05) is 10.2 Å². The summed E-state index contributed by atoms with van der Waals surface area (Å²) in [5.41, 5.74) is 0.0480. The Balaban J connectivity index is 2.30. The second-order valence-corrected chi connectivity index (χ2v) is 6.77. The first-order valence-corrected chi connectivity index (χ1v) is 7.36. The number of nitrogens with zero attached hydrogens (tertiary/aromatic N) is 1. The average Bonchev–Trinajstić information content (AvgIpc) is 2.33. The van der Waals surface area contributed by atoms with Gasteiger partial charge in [0.15, 0.2) is 0 Å². The van der Waals surface area contributed by atoms with Crippen LogP contribution in [0.1, 0.15) is 33.6 Å². The van der Waals surface area contributed by atoms with Crippen LogP contribution in [0.15, 0.2) is 0 Å². The van der Waals surface area contributed by atoms with Crippen LogP contribution in [0.2, 0.25) is 0 Å². The number of rotatable bonds is 5. The third kappa shape index (κ3) is 8.93. The molecule has 21 heavy (non-hydrogen) atoms. The summed E-state index contributed by atoms with van der Waals surface area (Å²) in [6.07, 6.45) is -2.29. The number of alkyl halides is 3. The molecule has 1 amide bonds. The third-order valence-corrected chi connectivity index (χ3v) is 3.38. The van der Waals surface area contributed by atoms with Crippen molar-refractivity contribution >= 4 is 5.91 Å². The average molecular weight is 309 g/mol. The predicted octanol–water partition coefficient (Wildman–Crippen LogP) is 1.76. The predicted molar refractivity (Wildman–Crippen MR) is 76.0 cm³/mol. The Morgan fingerprint density at radius 3 is 2.52 bits per heavy atom. The molecule has 2 N–H and O–H groups in total. The molecule has 0 bridgehead atoms. The first-order chi connectivity index (χ1) is 9.55. The summed E-state index contributed by atoms with van der Waals surface area (Å²) in [5, 5.41) is 5.35. The van der Waals surface area contributed by atoms with Crippen LogP contribution >= 0.6 is 0 Å². The van der Waals surface area contributed by atoms with Gasteiger partial charge in [-0.05, 0) is 52.6 Å². The Bertz CT molecular complexity index is 339. The van der Waals surface area contributed by atoms with Gasteiger partial charge in [0.2, 0.25) is 5.91 Å². The van der Waals surface area contributed by atoms with E-state index in [2.05, 4.69) is 26.1 Å². The van der Waals surface area contributed by atoms with Gasteiger partial charge in [-0.2, -0.15) is 13.2 Å². The largest absolute Gasteiger partial charge is 0.405 e. The van der Waals surface area contributed by atoms with Crippen molar-refractivity contribution in [2.75, 3.05) is 32.7 Å². The summed E-state index contributed by atoms with van der Waals surface area (Å²) >= 11 is 0. The number of likely N-dealkylation sites (tertiary alicyclic amines) is 1. The lowest BCUT2D eigenvalue weighted by molar-refractivity contribution is -0.139. The summed E-state index contributed by atoms with van der Waals surface area (Å²) in [7, 11) is 0. The molecule has 4 nitrogen and oxygen atoms in total. The molecule has 0 aromatic heterocycles. The van der Waals surface area contributed by atoms with Gasteiger partial charge in [-0.25, -0.2) is 0 Å². The van der Waals surface area contributed by atoms with Crippen molar-refractivity contribution in [2.24, 2.45) is 5.92 Å². The van der Waals surface area contributed by atoms with Crippen molar-refractivity contribution in [3.8, 4) is 0 Å². The molecule has 1 aliphatic rings. The van der Waals surface area contributed by atoms with E-state index in [1.165, 1.54) is 0 Å². The van der Waals surface area contributed by atoms with Crippen LogP contribution in [0.25, 0.3) is 0 Å². The molecule has 1 unspecified atom stereocenters. The van der Waals surface area contributed by atoms with Gasteiger partial charge in [0.25, 0.3) is 0 Å². The second kappa shape index (κ2) is 7.45. The maximum absolute atomic E-state index is 12.0. The smallest absolute Gasteiger partial charge is 0.346 e. The standard InChI is InChI=1S/C14H26F3N3O/c1-13(2,3)19-7-11-5-4-6-20(8-11)9-12(21)18-10-14(15,16)17/h11,19H,4-10H2,1-3H3,(H,18,21). The molecule has 0 radical (unpaired) electrons. The molecule has 0 spiro atoms. The highest BCUT2D eigenvalue weighted by Crippen LogP contribution is 2.17.